The van der Waals surface area contributed by atoms with E-state index in [-0.39, 0.29) is 17.9 Å². The summed E-state index contributed by atoms with van der Waals surface area (Å²) in [7, 11) is 5.75. The van der Waals surface area contributed by atoms with Crippen molar-refractivity contribution in [3.63, 3.8) is 0 Å². The Bertz CT molecular complexity index is 813. The van der Waals surface area contributed by atoms with Crippen molar-refractivity contribution in [1.29, 1.82) is 0 Å². The summed E-state index contributed by atoms with van der Waals surface area (Å²) >= 11 is 0. The van der Waals surface area contributed by atoms with Crippen LogP contribution in [0.5, 0.6) is 5.75 Å². The van der Waals surface area contributed by atoms with Gasteiger partial charge in [-0.05, 0) is 89.3 Å². The first-order valence-electron chi connectivity index (χ1n) is 12.5. The van der Waals surface area contributed by atoms with Crippen molar-refractivity contribution in [2.24, 2.45) is 11.8 Å². The van der Waals surface area contributed by atoms with E-state index in [4.69, 9.17) is 4.74 Å². The molecule has 0 spiro atoms. The van der Waals surface area contributed by atoms with Crippen molar-refractivity contribution < 1.29 is 14.3 Å². The number of fused-ring (bicyclic) bond motifs is 2. The number of hydrogen-bond donors (Lipinski definition) is 1. The molecule has 1 aliphatic heterocycles. The normalized spacial score (nSPS) is 22.4. The molecule has 3 rings (SSSR count). The number of nitrogens with one attached hydrogen (secondary N) is 1. The van der Waals surface area contributed by atoms with E-state index in [0.717, 1.165) is 57.5 Å². The predicted molar refractivity (Wildman–Crippen MR) is 132 cm³/mol. The highest BCUT2D eigenvalue weighted by Crippen LogP contribution is 2.40. The first kappa shape index (κ1) is 25.5. The second-order valence-corrected chi connectivity index (χ2v) is 9.74. The van der Waals surface area contributed by atoms with E-state index >= 15 is 0 Å². The molecule has 184 valence electrons. The average Bonchev–Trinajstić information content (AvgIpc) is 2.80. The molecule has 0 bridgehead atoms. The maximum Gasteiger partial charge on any atom is 0.324 e. The van der Waals surface area contributed by atoms with Gasteiger partial charge in [0.15, 0.2) is 0 Å². The highest BCUT2D eigenvalue weighted by molar-refractivity contribution is 5.95. The van der Waals surface area contributed by atoms with Gasteiger partial charge in [0.25, 0.3) is 0 Å². The number of imide groups is 1. The van der Waals surface area contributed by atoms with Gasteiger partial charge in [-0.1, -0.05) is 19.1 Å². The van der Waals surface area contributed by atoms with Crippen molar-refractivity contribution >= 4 is 11.9 Å². The van der Waals surface area contributed by atoms with Gasteiger partial charge in [0.05, 0.1) is 13.0 Å². The number of carbonyl (C=O) groups excluding carboxylic acids is 2. The van der Waals surface area contributed by atoms with Crippen molar-refractivity contribution in [3.8, 4) is 5.75 Å². The Morgan fingerprint density at radius 3 is 2.64 bits per heavy atom. The average molecular weight is 459 g/mol. The summed E-state index contributed by atoms with van der Waals surface area (Å²) in [6.07, 6.45) is 4.58. The van der Waals surface area contributed by atoms with Crippen LogP contribution in [0.3, 0.4) is 0 Å². The van der Waals surface area contributed by atoms with E-state index in [0.29, 0.717) is 25.0 Å². The van der Waals surface area contributed by atoms with Gasteiger partial charge < -0.3 is 15.0 Å². The van der Waals surface area contributed by atoms with Crippen LogP contribution >= 0.6 is 0 Å². The molecule has 1 N–H and O–H groups in total. The minimum atomic E-state index is -0.263. The highest BCUT2D eigenvalue weighted by atomic mass is 16.5. The van der Waals surface area contributed by atoms with Crippen LogP contribution in [0, 0.1) is 11.8 Å². The molecule has 0 saturated carbocycles. The fourth-order valence-corrected chi connectivity index (χ4v) is 5.59. The predicted octanol–water partition coefficient (Wildman–Crippen LogP) is 3.02. The largest absolute Gasteiger partial charge is 0.496 e. The van der Waals surface area contributed by atoms with Gasteiger partial charge >= 0.3 is 6.03 Å². The number of carbonyl (C=O) groups is 2. The zero-order valence-electron chi connectivity index (χ0n) is 21.1. The molecule has 7 nitrogen and oxygen atoms in total. The van der Waals surface area contributed by atoms with Gasteiger partial charge in [-0.15, -0.1) is 0 Å². The molecule has 1 fully saturated rings. The Morgan fingerprint density at radius 1 is 1.18 bits per heavy atom. The lowest BCUT2D eigenvalue weighted by atomic mass is 9.72. The second kappa shape index (κ2) is 11.8. The monoisotopic (exact) mass is 458 g/mol. The zero-order chi connectivity index (χ0) is 24.0. The van der Waals surface area contributed by atoms with Gasteiger partial charge in [0.2, 0.25) is 5.91 Å². The van der Waals surface area contributed by atoms with E-state index < -0.39 is 0 Å². The number of ether oxygens (including phenoxy) is 1. The minimum Gasteiger partial charge on any atom is -0.496 e. The third-order valence-corrected chi connectivity index (χ3v) is 7.09. The topological polar surface area (TPSA) is 65.1 Å². The van der Waals surface area contributed by atoms with Crippen LogP contribution in [0.25, 0.3) is 0 Å². The van der Waals surface area contributed by atoms with Crippen LogP contribution in [0.1, 0.15) is 44.2 Å². The molecule has 33 heavy (non-hydrogen) atoms. The van der Waals surface area contributed by atoms with Crippen molar-refractivity contribution in [2.75, 3.05) is 53.9 Å². The van der Waals surface area contributed by atoms with Crippen molar-refractivity contribution in [3.05, 3.63) is 29.3 Å². The lowest BCUT2D eigenvalue weighted by Crippen LogP contribution is -2.57. The van der Waals surface area contributed by atoms with Crippen LogP contribution in [0.2, 0.25) is 0 Å². The number of methoxy groups -OCH3 is 1. The molecule has 1 aromatic rings. The standard InChI is InChI=1S/C26H42N4O3/c1-6-12-29-18-21(25(31)30(26(32)27-7-2)14-9-13-28(3)4)15-20-16-22-19(17-23(20)29)10-8-11-24(22)33-5/h8,10-11,20-21,23H,6-7,9,12-18H2,1-5H3,(H,27,32). The molecule has 0 radical (unpaired) electrons. The van der Waals surface area contributed by atoms with Crippen molar-refractivity contribution in [1.82, 2.24) is 20.0 Å². The lowest BCUT2D eigenvalue weighted by Gasteiger charge is -2.47. The molecular formula is C26H42N4O3. The van der Waals surface area contributed by atoms with E-state index in [1.54, 1.807) is 7.11 Å². The molecular weight excluding hydrogens is 416 g/mol. The summed E-state index contributed by atoms with van der Waals surface area (Å²) < 4.78 is 5.66. The van der Waals surface area contributed by atoms with Gasteiger partial charge in [0.1, 0.15) is 5.75 Å². The van der Waals surface area contributed by atoms with E-state index in [2.05, 4.69) is 34.2 Å². The maximum atomic E-state index is 13.7. The Balaban J connectivity index is 1.81. The molecule has 3 amide bonds. The smallest absolute Gasteiger partial charge is 0.324 e. The number of likely N-dealkylation sites (tertiary alicyclic amines) is 1. The number of urea groups is 1. The molecule has 1 saturated heterocycles. The zero-order valence-corrected chi connectivity index (χ0v) is 21.1. The highest BCUT2D eigenvalue weighted by Gasteiger charge is 2.43. The lowest BCUT2D eigenvalue weighted by molar-refractivity contribution is -0.136. The third-order valence-electron chi connectivity index (χ3n) is 7.09. The first-order valence-corrected chi connectivity index (χ1v) is 12.5. The number of nitrogens with zero attached hydrogens (tertiary/aromatic N) is 3. The molecule has 2 aliphatic rings. The van der Waals surface area contributed by atoms with E-state index in [1.165, 1.54) is 16.0 Å². The SMILES string of the molecule is CCCN1CC(C(=O)N(CCCN(C)C)C(=O)NCC)CC2Cc3c(cccc3OC)CC21. The summed E-state index contributed by atoms with van der Waals surface area (Å²) in [4.78, 5) is 32.5. The Hall–Kier alpha value is -2.12. The summed E-state index contributed by atoms with van der Waals surface area (Å²) in [6.45, 7) is 7.62. The number of rotatable bonds is 9. The van der Waals surface area contributed by atoms with Gasteiger partial charge in [-0.25, -0.2) is 4.79 Å². The number of benzene rings is 1. The van der Waals surface area contributed by atoms with E-state index in [1.807, 2.05) is 27.1 Å². The third kappa shape index (κ3) is 6.07. The Labute approximate surface area is 199 Å². The maximum absolute atomic E-state index is 13.7. The van der Waals surface area contributed by atoms with Crippen molar-refractivity contribution in [2.45, 2.75) is 52.0 Å². The number of hydrogen-bond acceptors (Lipinski definition) is 5. The Kier molecular flexibility index (Phi) is 9.15. The minimum absolute atomic E-state index is 0.0231. The van der Waals surface area contributed by atoms with Crippen LogP contribution in [-0.2, 0) is 17.6 Å². The van der Waals surface area contributed by atoms with Gasteiger partial charge in [0, 0.05) is 25.7 Å². The van der Waals surface area contributed by atoms with Crippen LogP contribution in [0.15, 0.2) is 18.2 Å². The molecule has 3 atom stereocenters. The molecule has 7 heteroatoms. The van der Waals surface area contributed by atoms with Gasteiger partial charge in [-0.2, -0.15) is 0 Å². The summed E-state index contributed by atoms with van der Waals surface area (Å²) in [6, 6.07) is 6.52. The quantitative estimate of drug-likeness (QED) is 0.616. The van der Waals surface area contributed by atoms with E-state index in [9.17, 15) is 9.59 Å². The molecule has 1 aliphatic carbocycles. The molecule has 1 heterocycles. The summed E-state index contributed by atoms with van der Waals surface area (Å²) in [5.41, 5.74) is 2.66. The first-order chi connectivity index (χ1) is 15.9. The fraction of sp³-hybridized carbons (Fsp3) is 0.692. The summed E-state index contributed by atoms with van der Waals surface area (Å²) in [5, 5.41) is 2.85. The number of piperidine rings is 1. The molecule has 1 aromatic carbocycles. The molecule has 3 unspecified atom stereocenters. The summed E-state index contributed by atoms with van der Waals surface area (Å²) in [5.74, 6) is 1.16. The number of amides is 3. The fourth-order valence-electron chi connectivity index (χ4n) is 5.59. The molecule has 0 aromatic heterocycles. The second-order valence-electron chi connectivity index (χ2n) is 9.74. The van der Waals surface area contributed by atoms with Crippen LogP contribution < -0.4 is 10.1 Å². The van der Waals surface area contributed by atoms with Crippen LogP contribution in [-0.4, -0.2) is 86.6 Å². The Morgan fingerprint density at radius 2 is 1.97 bits per heavy atom. The van der Waals surface area contributed by atoms with Crippen LogP contribution in [0.4, 0.5) is 4.79 Å². The van der Waals surface area contributed by atoms with Gasteiger partial charge in [-0.3, -0.25) is 14.6 Å².